The van der Waals surface area contributed by atoms with Gasteiger partial charge in [0.15, 0.2) is 5.11 Å². The van der Waals surface area contributed by atoms with Crippen molar-refractivity contribution in [2.24, 2.45) is 5.92 Å². The van der Waals surface area contributed by atoms with E-state index in [1.165, 1.54) is 0 Å². The summed E-state index contributed by atoms with van der Waals surface area (Å²) in [5.41, 5.74) is 0.852. The van der Waals surface area contributed by atoms with Crippen molar-refractivity contribution < 1.29 is 13.2 Å². The van der Waals surface area contributed by atoms with E-state index in [9.17, 15) is 13.2 Å². The Balaban J connectivity index is 1.86. The number of halogens is 3. The first-order valence-corrected chi connectivity index (χ1v) is 6.55. The van der Waals surface area contributed by atoms with E-state index in [4.69, 9.17) is 12.2 Å². The van der Waals surface area contributed by atoms with Crippen LogP contribution in [0.2, 0.25) is 0 Å². The summed E-state index contributed by atoms with van der Waals surface area (Å²) in [6.07, 6.45) is -3.86. The smallest absolute Gasteiger partial charge is 0.349 e. The van der Waals surface area contributed by atoms with Gasteiger partial charge >= 0.3 is 6.18 Å². The topological polar surface area (TPSA) is 15.3 Å². The summed E-state index contributed by atoms with van der Waals surface area (Å²) in [5, 5.41) is 3.53. The molecule has 1 aliphatic rings. The molecule has 1 N–H and O–H groups in total. The number of alkyl halides is 3. The molecule has 2 rings (SSSR count). The normalized spacial score (nSPS) is 17.3. The zero-order valence-electron chi connectivity index (χ0n) is 10.3. The lowest BCUT2D eigenvalue weighted by Gasteiger charge is -2.34. The number of hydrogen-bond acceptors (Lipinski definition) is 1. The summed E-state index contributed by atoms with van der Waals surface area (Å²) >= 11 is 5.22. The van der Waals surface area contributed by atoms with Crippen LogP contribution in [0.1, 0.15) is 12.8 Å². The minimum absolute atomic E-state index is 0.111. The van der Waals surface area contributed by atoms with Crippen LogP contribution in [-0.2, 0) is 0 Å². The third-order valence-electron chi connectivity index (χ3n) is 3.27. The molecule has 0 spiro atoms. The highest BCUT2D eigenvalue weighted by Gasteiger charge is 2.41. The van der Waals surface area contributed by atoms with Gasteiger partial charge in [-0.05, 0) is 37.2 Å². The summed E-state index contributed by atoms with van der Waals surface area (Å²) in [5.74, 6) is -1.19. The zero-order chi connectivity index (χ0) is 13.9. The Morgan fingerprint density at radius 3 is 2.26 bits per heavy atom. The third kappa shape index (κ3) is 3.83. The van der Waals surface area contributed by atoms with Crippen LogP contribution in [0, 0.1) is 5.92 Å². The molecule has 1 aliphatic heterocycles. The number of para-hydroxylation sites is 1. The molecule has 1 heterocycles. The molecule has 2 nitrogen and oxygen atoms in total. The van der Waals surface area contributed by atoms with E-state index < -0.39 is 12.1 Å². The SMILES string of the molecule is FC(F)(F)C1CCN(C(=S)Nc2ccccc2)CC1. The van der Waals surface area contributed by atoms with Crippen LogP contribution in [-0.4, -0.2) is 29.3 Å². The number of anilines is 1. The van der Waals surface area contributed by atoms with Crippen molar-refractivity contribution in [3.8, 4) is 0 Å². The van der Waals surface area contributed by atoms with Gasteiger partial charge in [-0.1, -0.05) is 18.2 Å². The molecule has 1 fully saturated rings. The Morgan fingerprint density at radius 1 is 1.16 bits per heavy atom. The van der Waals surface area contributed by atoms with Gasteiger partial charge in [-0.2, -0.15) is 13.2 Å². The number of piperidine rings is 1. The van der Waals surface area contributed by atoms with Gasteiger partial charge in [0, 0.05) is 18.8 Å². The van der Waals surface area contributed by atoms with Crippen LogP contribution in [0.4, 0.5) is 18.9 Å². The van der Waals surface area contributed by atoms with Crippen LogP contribution < -0.4 is 5.32 Å². The summed E-state index contributed by atoms with van der Waals surface area (Å²) in [6.45, 7) is 0.700. The maximum absolute atomic E-state index is 12.5. The molecular weight excluding hydrogens is 273 g/mol. The zero-order valence-corrected chi connectivity index (χ0v) is 11.1. The quantitative estimate of drug-likeness (QED) is 0.794. The van der Waals surface area contributed by atoms with E-state index in [0.29, 0.717) is 18.2 Å². The lowest BCUT2D eigenvalue weighted by molar-refractivity contribution is -0.183. The second-order valence-corrected chi connectivity index (χ2v) is 4.99. The van der Waals surface area contributed by atoms with Gasteiger partial charge in [-0.15, -0.1) is 0 Å². The lowest BCUT2D eigenvalue weighted by atomic mass is 9.97. The number of rotatable bonds is 1. The second kappa shape index (κ2) is 5.77. The average Bonchev–Trinajstić information content (AvgIpc) is 2.39. The Morgan fingerprint density at radius 2 is 1.74 bits per heavy atom. The van der Waals surface area contributed by atoms with Gasteiger partial charge in [-0.25, -0.2) is 0 Å². The Hall–Kier alpha value is -1.30. The summed E-state index contributed by atoms with van der Waals surface area (Å²) < 4.78 is 37.6. The van der Waals surface area contributed by atoms with E-state index in [1.54, 1.807) is 4.90 Å². The number of likely N-dealkylation sites (tertiary alicyclic amines) is 1. The number of hydrogen-bond donors (Lipinski definition) is 1. The van der Waals surface area contributed by atoms with Gasteiger partial charge in [0.2, 0.25) is 0 Å². The molecule has 0 atom stereocenters. The number of nitrogens with one attached hydrogen (secondary N) is 1. The van der Waals surface area contributed by atoms with Crippen LogP contribution in [0.3, 0.4) is 0 Å². The van der Waals surface area contributed by atoms with Crippen molar-refractivity contribution in [2.45, 2.75) is 19.0 Å². The van der Waals surface area contributed by atoms with Crippen molar-refractivity contribution >= 4 is 23.0 Å². The molecule has 1 aromatic carbocycles. The minimum atomic E-state index is -4.08. The Bertz CT molecular complexity index is 425. The standard InChI is InChI=1S/C13H15F3N2S/c14-13(15,16)10-6-8-18(9-7-10)12(19)17-11-4-2-1-3-5-11/h1-5,10H,6-9H2,(H,17,19). The summed E-state index contributed by atoms with van der Waals surface area (Å²) in [7, 11) is 0. The van der Waals surface area contributed by atoms with E-state index in [-0.39, 0.29) is 12.8 Å². The highest BCUT2D eigenvalue weighted by molar-refractivity contribution is 7.80. The fraction of sp³-hybridized carbons (Fsp3) is 0.462. The maximum Gasteiger partial charge on any atom is 0.391 e. The predicted octanol–water partition coefficient (Wildman–Crippen LogP) is 3.66. The molecule has 0 bridgehead atoms. The van der Waals surface area contributed by atoms with Crippen molar-refractivity contribution in [3.05, 3.63) is 30.3 Å². The van der Waals surface area contributed by atoms with Crippen molar-refractivity contribution in [2.75, 3.05) is 18.4 Å². The molecule has 0 aromatic heterocycles. The molecule has 104 valence electrons. The van der Waals surface area contributed by atoms with Gasteiger partial charge in [0.1, 0.15) is 0 Å². The first-order chi connectivity index (χ1) is 8.97. The molecule has 0 unspecified atom stereocenters. The number of thiocarbonyl (C=S) groups is 1. The van der Waals surface area contributed by atoms with Gasteiger partial charge < -0.3 is 10.2 Å². The van der Waals surface area contributed by atoms with Crippen LogP contribution in [0.15, 0.2) is 30.3 Å². The monoisotopic (exact) mass is 288 g/mol. The summed E-state index contributed by atoms with van der Waals surface area (Å²) in [6, 6.07) is 9.38. The highest BCUT2D eigenvalue weighted by atomic mass is 32.1. The highest BCUT2D eigenvalue weighted by Crippen LogP contribution is 2.34. The van der Waals surface area contributed by atoms with Crippen LogP contribution in [0.25, 0.3) is 0 Å². The molecule has 0 saturated carbocycles. The molecule has 0 amide bonds. The van der Waals surface area contributed by atoms with Gasteiger partial charge in [-0.3, -0.25) is 0 Å². The van der Waals surface area contributed by atoms with Gasteiger partial charge in [0.05, 0.1) is 5.92 Å². The molecule has 1 aromatic rings. The van der Waals surface area contributed by atoms with Crippen molar-refractivity contribution in [1.29, 1.82) is 0 Å². The third-order valence-corrected chi connectivity index (χ3v) is 3.63. The van der Waals surface area contributed by atoms with Crippen molar-refractivity contribution in [3.63, 3.8) is 0 Å². The van der Waals surface area contributed by atoms with Crippen LogP contribution >= 0.6 is 12.2 Å². The van der Waals surface area contributed by atoms with E-state index in [1.807, 2.05) is 30.3 Å². The fourth-order valence-corrected chi connectivity index (χ4v) is 2.43. The maximum atomic E-state index is 12.5. The molecule has 0 aliphatic carbocycles. The van der Waals surface area contributed by atoms with Gasteiger partial charge in [0.25, 0.3) is 0 Å². The Labute approximate surface area is 115 Å². The van der Waals surface area contributed by atoms with Crippen molar-refractivity contribution in [1.82, 2.24) is 4.90 Å². The first kappa shape index (κ1) is 14.1. The molecule has 1 saturated heterocycles. The Kier molecular flexibility index (Phi) is 4.29. The lowest BCUT2D eigenvalue weighted by Crippen LogP contribution is -2.43. The minimum Gasteiger partial charge on any atom is -0.349 e. The number of benzene rings is 1. The average molecular weight is 288 g/mol. The van der Waals surface area contributed by atoms with E-state index in [2.05, 4.69) is 5.32 Å². The largest absolute Gasteiger partial charge is 0.391 e. The summed E-state index contributed by atoms with van der Waals surface area (Å²) in [4.78, 5) is 1.80. The first-order valence-electron chi connectivity index (χ1n) is 6.14. The van der Waals surface area contributed by atoms with Crippen LogP contribution in [0.5, 0.6) is 0 Å². The molecule has 6 heteroatoms. The second-order valence-electron chi connectivity index (χ2n) is 4.60. The van der Waals surface area contributed by atoms with E-state index in [0.717, 1.165) is 5.69 Å². The van der Waals surface area contributed by atoms with E-state index >= 15 is 0 Å². The number of nitrogens with zero attached hydrogens (tertiary/aromatic N) is 1. The predicted molar refractivity (Wildman–Crippen MR) is 73.0 cm³/mol. The molecular formula is C13H15F3N2S. The molecule has 0 radical (unpaired) electrons. The molecule has 19 heavy (non-hydrogen) atoms. The fourth-order valence-electron chi connectivity index (χ4n) is 2.13.